The van der Waals surface area contributed by atoms with E-state index in [0.717, 1.165) is 53.9 Å². The molecule has 5 rings (SSSR count). The molecule has 0 radical (unpaired) electrons. The molecule has 2 amide bonds. The number of benzene rings is 2. The van der Waals surface area contributed by atoms with Crippen molar-refractivity contribution < 1.29 is 19.4 Å². The molecule has 0 atom stereocenters. The summed E-state index contributed by atoms with van der Waals surface area (Å²) in [6.07, 6.45) is 2.36. The molecule has 2 aliphatic heterocycles. The van der Waals surface area contributed by atoms with Gasteiger partial charge < -0.3 is 24.5 Å². The number of carbonyl (C=O) groups is 2. The molecule has 3 heterocycles. The maximum atomic E-state index is 13.4. The van der Waals surface area contributed by atoms with Gasteiger partial charge in [-0.1, -0.05) is 6.07 Å². The third-order valence-corrected chi connectivity index (χ3v) is 6.71. The Kier molecular flexibility index (Phi) is 6.34. The molecule has 3 aromatic rings. The standard InChI is InChI=1S/C26H31N5O4/c1-29(2)8-4-10-35-19-7-6-17-14-31(15-18(17)11-19)26(34)21-12-20-22(13-24(21)32)27-28-23(20)16-30-9-3-5-25(30)33/h6-7,11-13,32H,3-5,8-10,14-16H2,1-2H3,(H,27,28). The Bertz CT molecular complexity index is 1270. The number of nitrogens with one attached hydrogen (secondary N) is 1. The van der Waals surface area contributed by atoms with Crippen LogP contribution in [0.15, 0.2) is 30.3 Å². The smallest absolute Gasteiger partial charge is 0.258 e. The van der Waals surface area contributed by atoms with E-state index in [-0.39, 0.29) is 23.1 Å². The number of aromatic hydroxyl groups is 1. The Hall–Kier alpha value is -3.59. The molecule has 1 fully saturated rings. The number of aromatic amines is 1. The minimum Gasteiger partial charge on any atom is -0.507 e. The zero-order valence-electron chi connectivity index (χ0n) is 20.2. The fraction of sp³-hybridized carbons (Fsp3) is 0.423. The minimum atomic E-state index is -0.238. The molecule has 9 nitrogen and oxygen atoms in total. The van der Waals surface area contributed by atoms with Crippen molar-refractivity contribution >= 4 is 22.7 Å². The van der Waals surface area contributed by atoms with Crippen LogP contribution in [0.25, 0.3) is 10.9 Å². The summed E-state index contributed by atoms with van der Waals surface area (Å²) in [5, 5.41) is 18.6. The van der Waals surface area contributed by atoms with E-state index < -0.39 is 0 Å². The van der Waals surface area contributed by atoms with Crippen molar-refractivity contribution in [3.8, 4) is 11.5 Å². The Labute approximate surface area is 204 Å². The lowest BCUT2D eigenvalue weighted by molar-refractivity contribution is -0.128. The van der Waals surface area contributed by atoms with Gasteiger partial charge in [0, 0.05) is 44.1 Å². The highest BCUT2D eigenvalue weighted by Crippen LogP contribution is 2.32. The number of ether oxygens (including phenoxy) is 1. The van der Waals surface area contributed by atoms with Crippen LogP contribution in [0.5, 0.6) is 11.5 Å². The first-order valence-corrected chi connectivity index (χ1v) is 12.1. The molecule has 2 N–H and O–H groups in total. The number of likely N-dealkylation sites (tertiary alicyclic amines) is 1. The Morgan fingerprint density at radius 2 is 2.03 bits per heavy atom. The van der Waals surface area contributed by atoms with E-state index in [2.05, 4.69) is 15.1 Å². The molecular formula is C26H31N5O4. The summed E-state index contributed by atoms with van der Waals surface area (Å²) in [6, 6.07) is 9.16. The van der Waals surface area contributed by atoms with Crippen LogP contribution in [0.4, 0.5) is 0 Å². The third-order valence-electron chi connectivity index (χ3n) is 6.71. The zero-order chi connectivity index (χ0) is 24.5. The first-order valence-electron chi connectivity index (χ1n) is 12.1. The lowest BCUT2D eigenvalue weighted by Gasteiger charge is -2.17. The van der Waals surface area contributed by atoms with E-state index in [9.17, 15) is 14.7 Å². The van der Waals surface area contributed by atoms with E-state index in [4.69, 9.17) is 4.74 Å². The molecule has 0 spiro atoms. The van der Waals surface area contributed by atoms with Gasteiger partial charge in [-0.05, 0) is 56.3 Å². The summed E-state index contributed by atoms with van der Waals surface area (Å²) >= 11 is 0. The quantitative estimate of drug-likeness (QED) is 0.484. The second-order valence-electron chi connectivity index (χ2n) is 9.60. The molecular weight excluding hydrogens is 446 g/mol. The van der Waals surface area contributed by atoms with Crippen molar-refractivity contribution in [2.24, 2.45) is 0 Å². The van der Waals surface area contributed by atoms with Gasteiger partial charge >= 0.3 is 0 Å². The Morgan fingerprint density at radius 1 is 1.20 bits per heavy atom. The van der Waals surface area contributed by atoms with E-state index >= 15 is 0 Å². The van der Waals surface area contributed by atoms with E-state index in [0.29, 0.717) is 38.2 Å². The fourth-order valence-electron chi connectivity index (χ4n) is 4.80. The van der Waals surface area contributed by atoms with Gasteiger partial charge in [-0.15, -0.1) is 0 Å². The molecule has 2 aromatic carbocycles. The van der Waals surface area contributed by atoms with Crippen molar-refractivity contribution in [2.45, 2.75) is 38.9 Å². The number of phenols is 1. The summed E-state index contributed by atoms with van der Waals surface area (Å²) in [7, 11) is 4.08. The van der Waals surface area contributed by atoms with Gasteiger partial charge in [-0.2, -0.15) is 5.10 Å². The Morgan fingerprint density at radius 3 is 2.80 bits per heavy atom. The molecule has 0 aliphatic carbocycles. The predicted molar refractivity (Wildman–Crippen MR) is 131 cm³/mol. The van der Waals surface area contributed by atoms with Crippen LogP contribution in [0.1, 0.15) is 46.4 Å². The van der Waals surface area contributed by atoms with Crippen LogP contribution in [0, 0.1) is 0 Å². The molecule has 0 unspecified atom stereocenters. The summed E-state index contributed by atoms with van der Waals surface area (Å²) < 4.78 is 5.89. The van der Waals surface area contributed by atoms with Crippen LogP contribution < -0.4 is 4.74 Å². The molecule has 0 bridgehead atoms. The van der Waals surface area contributed by atoms with Gasteiger partial charge in [-0.25, -0.2) is 0 Å². The largest absolute Gasteiger partial charge is 0.507 e. The number of fused-ring (bicyclic) bond motifs is 2. The zero-order valence-corrected chi connectivity index (χ0v) is 20.2. The highest BCUT2D eigenvalue weighted by molar-refractivity contribution is 6.01. The average Bonchev–Trinajstić information content (AvgIpc) is 3.54. The number of H-pyrrole nitrogens is 1. The summed E-state index contributed by atoms with van der Waals surface area (Å²) in [5.41, 5.74) is 3.71. The van der Waals surface area contributed by atoms with Crippen molar-refractivity contribution in [1.82, 2.24) is 24.9 Å². The lowest BCUT2D eigenvalue weighted by atomic mass is 10.1. The predicted octanol–water partition coefficient (Wildman–Crippen LogP) is 2.88. The monoisotopic (exact) mass is 477 g/mol. The van der Waals surface area contributed by atoms with Gasteiger partial charge in [0.15, 0.2) is 0 Å². The van der Waals surface area contributed by atoms with Crippen LogP contribution in [0.3, 0.4) is 0 Å². The molecule has 35 heavy (non-hydrogen) atoms. The first-order chi connectivity index (χ1) is 16.9. The SMILES string of the molecule is CN(C)CCCOc1ccc2c(c1)CN(C(=O)c1cc3c(CN4CCCC4=O)[nH]nc3cc1O)C2. The molecule has 2 aliphatic rings. The number of carbonyl (C=O) groups excluding carboxylic acids is 2. The van der Waals surface area contributed by atoms with Crippen molar-refractivity contribution in [2.75, 3.05) is 33.8 Å². The van der Waals surface area contributed by atoms with Crippen LogP contribution in [0.2, 0.25) is 0 Å². The number of hydrogen-bond acceptors (Lipinski definition) is 6. The van der Waals surface area contributed by atoms with Gasteiger partial charge in [-0.3, -0.25) is 14.7 Å². The molecule has 1 aromatic heterocycles. The second kappa shape index (κ2) is 9.58. The van der Waals surface area contributed by atoms with E-state index in [1.165, 1.54) is 6.07 Å². The average molecular weight is 478 g/mol. The second-order valence-corrected chi connectivity index (χ2v) is 9.60. The molecule has 9 heteroatoms. The van der Waals surface area contributed by atoms with Gasteiger partial charge in [0.2, 0.25) is 5.91 Å². The van der Waals surface area contributed by atoms with Crippen molar-refractivity contribution in [3.05, 3.63) is 52.7 Å². The van der Waals surface area contributed by atoms with E-state index in [1.807, 2.05) is 32.3 Å². The van der Waals surface area contributed by atoms with Gasteiger partial charge in [0.25, 0.3) is 5.91 Å². The summed E-state index contributed by atoms with van der Waals surface area (Å²) in [5.74, 6) is 0.594. The van der Waals surface area contributed by atoms with Gasteiger partial charge in [0.1, 0.15) is 11.5 Å². The highest BCUT2D eigenvalue weighted by Gasteiger charge is 2.28. The number of hydrogen-bond donors (Lipinski definition) is 2. The lowest BCUT2D eigenvalue weighted by Crippen LogP contribution is -2.25. The first kappa shape index (κ1) is 23.2. The topological polar surface area (TPSA) is 102 Å². The maximum Gasteiger partial charge on any atom is 0.258 e. The minimum absolute atomic E-state index is 0.0985. The van der Waals surface area contributed by atoms with E-state index in [1.54, 1.807) is 15.9 Å². The fourth-order valence-corrected chi connectivity index (χ4v) is 4.80. The number of rotatable bonds is 8. The van der Waals surface area contributed by atoms with Crippen molar-refractivity contribution in [1.29, 1.82) is 0 Å². The number of nitrogens with zero attached hydrogens (tertiary/aromatic N) is 4. The number of phenolic OH excluding ortho intramolecular Hbond substituents is 1. The number of amides is 2. The molecule has 184 valence electrons. The van der Waals surface area contributed by atoms with Crippen LogP contribution in [-0.4, -0.2) is 75.6 Å². The van der Waals surface area contributed by atoms with Crippen molar-refractivity contribution in [3.63, 3.8) is 0 Å². The number of aromatic nitrogens is 2. The van der Waals surface area contributed by atoms with Gasteiger partial charge in [0.05, 0.1) is 29.9 Å². The normalized spacial score (nSPS) is 15.5. The summed E-state index contributed by atoms with van der Waals surface area (Å²) in [4.78, 5) is 31.1. The Balaban J connectivity index is 1.30. The highest BCUT2D eigenvalue weighted by atomic mass is 16.5. The summed E-state index contributed by atoms with van der Waals surface area (Å²) in [6.45, 7) is 3.68. The van der Waals surface area contributed by atoms with Crippen LogP contribution >= 0.6 is 0 Å². The molecule has 0 saturated carbocycles. The molecule has 1 saturated heterocycles. The maximum absolute atomic E-state index is 13.4. The third kappa shape index (κ3) is 4.81. The van der Waals surface area contributed by atoms with Crippen LogP contribution in [-0.2, 0) is 24.4 Å².